The second-order valence-electron chi connectivity index (χ2n) is 3.37. The van der Waals surface area contributed by atoms with Crippen molar-refractivity contribution in [3.05, 3.63) is 0 Å². The maximum Gasteiger partial charge on any atom is 0.374 e. The molecule has 3 N–H and O–H groups in total. The zero-order valence-corrected chi connectivity index (χ0v) is 6.52. The molecule has 12 heavy (non-hydrogen) atoms. The number of carboxylic acids is 1. The fourth-order valence-corrected chi connectivity index (χ4v) is 0.923. The van der Waals surface area contributed by atoms with Gasteiger partial charge in [0.15, 0.2) is 0 Å². The third-order valence-electron chi connectivity index (χ3n) is 2.14. The Balaban J connectivity index is 2.35. The van der Waals surface area contributed by atoms with Gasteiger partial charge in [0.25, 0.3) is 0 Å². The van der Waals surface area contributed by atoms with Crippen LogP contribution in [-0.4, -0.2) is 22.5 Å². The van der Waals surface area contributed by atoms with Crippen LogP contribution in [0.15, 0.2) is 0 Å². The van der Waals surface area contributed by atoms with Crippen LogP contribution in [0.2, 0.25) is 0 Å². The lowest BCUT2D eigenvalue weighted by molar-refractivity contribution is -0.165. The lowest BCUT2D eigenvalue weighted by atomic mass is 10.1. The van der Waals surface area contributed by atoms with Gasteiger partial charge in [-0.05, 0) is 19.3 Å². The normalized spacial score (nSPS) is 20.6. The molecule has 1 aliphatic carbocycles. The van der Waals surface area contributed by atoms with Crippen molar-refractivity contribution in [3.8, 4) is 0 Å². The quantitative estimate of drug-likeness (QED) is 0.676. The summed E-state index contributed by atoms with van der Waals surface area (Å²) >= 11 is 0. The van der Waals surface area contributed by atoms with E-state index in [0.717, 1.165) is 12.8 Å². The van der Waals surface area contributed by atoms with E-state index in [0.29, 0.717) is 0 Å². The van der Waals surface area contributed by atoms with E-state index in [2.05, 4.69) is 0 Å². The number of hydrogen-bond donors (Lipinski definition) is 2. The molecule has 1 aliphatic rings. The van der Waals surface area contributed by atoms with Crippen LogP contribution < -0.4 is 5.73 Å². The summed E-state index contributed by atoms with van der Waals surface area (Å²) in [4.78, 5) is 9.97. The Hall–Kier alpha value is -0.710. The van der Waals surface area contributed by atoms with Crippen molar-refractivity contribution in [2.24, 2.45) is 5.73 Å². The lowest BCUT2D eigenvalue weighted by Gasteiger charge is -2.13. The summed E-state index contributed by atoms with van der Waals surface area (Å²) in [6.07, 6.45) is 0.885. The predicted octanol–water partition coefficient (Wildman–Crippen LogP) is 0.978. The number of nitrogens with two attached hydrogens (primary N) is 1. The molecule has 0 aromatic heterocycles. The standard InChI is InChI=1S/C7H11F2NO2/c8-7(9,5(11)12)4-3-6(10)1-2-6/h1-4,10H2,(H,11,12). The van der Waals surface area contributed by atoms with E-state index in [1.165, 1.54) is 0 Å². The molecule has 0 saturated heterocycles. The first-order valence-electron chi connectivity index (χ1n) is 3.76. The first-order valence-corrected chi connectivity index (χ1v) is 3.76. The van der Waals surface area contributed by atoms with Gasteiger partial charge in [-0.15, -0.1) is 0 Å². The fraction of sp³-hybridized carbons (Fsp3) is 0.857. The molecule has 1 rings (SSSR count). The van der Waals surface area contributed by atoms with Gasteiger partial charge in [0.05, 0.1) is 0 Å². The second-order valence-corrected chi connectivity index (χ2v) is 3.37. The van der Waals surface area contributed by atoms with Crippen molar-refractivity contribution in [3.63, 3.8) is 0 Å². The molecule has 1 saturated carbocycles. The molecule has 0 amide bonds. The zero-order chi connectivity index (χ0) is 9.41. The van der Waals surface area contributed by atoms with Crippen LogP contribution in [0.1, 0.15) is 25.7 Å². The van der Waals surface area contributed by atoms with Crippen molar-refractivity contribution in [1.29, 1.82) is 0 Å². The number of aliphatic carboxylic acids is 1. The Morgan fingerprint density at radius 3 is 2.42 bits per heavy atom. The summed E-state index contributed by atoms with van der Waals surface area (Å²) in [6, 6.07) is 0. The average molecular weight is 179 g/mol. The molecule has 0 spiro atoms. The molecule has 3 nitrogen and oxygen atoms in total. The highest BCUT2D eigenvalue weighted by Crippen LogP contribution is 2.39. The van der Waals surface area contributed by atoms with Crippen LogP contribution in [0.25, 0.3) is 0 Å². The Morgan fingerprint density at radius 2 is 2.08 bits per heavy atom. The molecule has 0 heterocycles. The minimum Gasteiger partial charge on any atom is -0.477 e. The van der Waals surface area contributed by atoms with E-state index >= 15 is 0 Å². The highest BCUT2D eigenvalue weighted by atomic mass is 19.3. The van der Waals surface area contributed by atoms with Gasteiger partial charge >= 0.3 is 11.9 Å². The number of carbonyl (C=O) groups is 1. The molecular weight excluding hydrogens is 168 g/mol. The number of carboxylic acid groups (broad SMARTS) is 1. The van der Waals surface area contributed by atoms with Gasteiger partial charge in [-0.25, -0.2) is 4.79 Å². The summed E-state index contributed by atoms with van der Waals surface area (Å²) in [5.41, 5.74) is 5.03. The third kappa shape index (κ3) is 2.14. The highest BCUT2D eigenvalue weighted by molar-refractivity contribution is 5.75. The number of rotatable bonds is 4. The largest absolute Gasteiger partial charge is 0.477 e. The monoisotopic (exact) mass is 179 g/mol. The Morgan fingerprint density at radius 1 is 1.58 bits per heavy atom. The minimum atomic E-state index is -3.62. The summed E-state index contributed by atoms with van der Waals surface area (Å²) in [7, 11) is 0. The molecule has 0 aliphatic heterocycles. The summed E-state index contributed by atoms with van der Waals surface area (Å²) in [6.45, 7) is 0. The number of halogens is 2. The second kappa shape index (κ2) is 2.65. The van der Waals surface area contributed by atoms with Crippen molar-refractivity contribution in [2.45, 2.75) is 37.1 Å². The average Bonchev–Trinajstić information content (AvgIpc) is 2.66. The Labute approximate surface area is 68.5 Å². The van der Waals surface area contributed by atoms with Crippen molar-refractivity contribution < 1.29 is 18.7 Å². The Bertz CT molecular complexity index is 202. The van der Waals surface area contributed by atoms with Gasteiger partial charge in [0.2, 0.25) is 0 Å². The van der Waals surface area contributed by atoms with E-state index in [4.69, 9.17) is 10.8 Å². The summed E-state index contributed by atoms with van der Waals surface area (Å²) in [5.74, 6) is -5.68. The predicted molar refractivity (Wildman–Crippen MR) is 38.0 cm³/mol. The van der Waals surface area contributed by atoms with Gasteiger partial charge in [0.1, 0.15) is 0 Å². The van der Waals surface area contributed by atoms with E-state index in [-0.39, 0.29) is 6.42 Å². The molecule has 0 radical (unpaired) electrons. The third-order valence-corrected chi connectivity index (χ3v) is 2.14. The molecule has 0 aromatic rings. The molecule has 0 aromatic carbocycles. The van der Waals surface area contributed by atoms with E-state index < -0.39 is 23.9 Å². The maximum absolute atomic E-state index is 12.4. The van der Waals surface area contributed by atoms with E-state index in [1.54, 1.807) is 0 Å². The van der Waals surface area contributed by atoms with Crippen LogP contribution in [-0.2, 0) is 4.79 Å². The topological polar surface area (TPSA) is 63.3 Å². The van der Waals surface area contributed by atoms with Gasteiger partial charge in [0, 0.05) is 12.0 Å². The van der Waals surface area contributed by atoms with Crippen LogP contribution in [0.3, 0.4) is 0 Å². The highest BCUT2D eigenvalue weighted by Gasteiger charge is 2.45. The first-order chi connectivity index (χ1) is 5.36. The van der Waals surface area contributed by atoms with Crippen LogP contribution in [0.5, 0.6) is 0 Å². The molecule has 0 bridgehead atoms. The molecule has 0 atom stereocenters. The van der Waals surface area contributed by atoms with E-state index in [9.17, 15) is 13.6 Å². The van der Waals surface area contributed by atoms with Gasteiger partial charge in [-0.2, -0.15) is 8.78 Å². The molecule has 5 heteroatoms. The van der Waals surface area contributed by atoms with Crippen molar-refractivity contribution in [2.75, 3.05) is 0 Å². The SMILES string of the molecule is NC1(CCC(F)(F)C(=O)O)CC1. The molecular formula is C7H11F2NO2. The van der Waals surface area contributed by atoms with E-state index in [1.807, 2.05) is 0 Å². The minimum absolute atomic E-state index is 0.0896. The lowest BCUT2D eigenvalue weighted by Crippen LogP contribution is -2.32. The van der Waals surface area contributed by atoms with Crippen molar-refractivity contribution >= 4 is 5.97 Å². The fourth-order valence-electron chi connectivity index (χ4n) is 0.923. The number of alkyl halides is 2. The van der Waals surface area contributed by atoms with Gasteiger partial charge < -0.3 is 10.8 Å². The summed E-state index contributed by atoms with van der Waals surface area (Å²) < 4.78 is 24.9. The molecule has 1 fully saturated rings. The van der Waals surface area contributed by atoms with Gasteiger partial charge in [-0.3, -0.25) is 0 Å². The first kappa shape index (κ1) is 9.38. The van der Waals surface area contributed by atoms with Crippen molar-refractivity contribution in [1.82, 2.24) is 0 Å². The zero-order valence-electron chi connectivity index (χ0n) is 6.52. The maximum atomic E-state index is 12.4. The molecule has 0 unspecified atom stereocenters. The molecule has 70 valence electrons. The van der Waals surface area contributed by atoms with Crippen LogP contribution in [0.4, 0.5) is 8.78 Å². The smallest absolute Gasteiger partial charge is 0.374 e. The number of hydrogen-bond acceptors (Lipinski definition) is 2. The Kier molecular flexibility index (Phi) is 2.07. The summed E-state index contributed by atoms with van der Waals surface area (Å²) in [5, 5.41) is 8.07. The van der Waals surface area contributed by atoms with Crippen LogP contribution >= 0.6 is 0 Å². The van der Waals surface area contributed by atoms with Gasteiger partial charge in [-0.1, -0.05) is 0 Å². The van der Waals surface area contributed by atoms with Crippen LogP contribution in [0, 0.1) is 0 Å².